The number of nitrogens with one attached hydrogen (secondary N) is 1. The maximum atomic E-state index is 13.0. The molecule has 4 aromatic rings. The van der Waals surface area contributed by atoms with Gasteiger partial charge in [0.15, 0.2) is 9.84 Å². The molecule has 0 unspecified atom stereocenters. The van der Waals surface area contributed by atoms with Gasteiger partial charge in [-0.2, -0.15) is 0 Å². The summed E-state index contributed by atoms with van der Waals surface area (Å²) in [5.74, 6) is -0.00763. The van der Waals surface area contributed by atoms with E-state index in [2.05, 4.69) is 15.2 Å². The fourth-order valence-corrected chi connectivity index (χ4v) is 6.10. The summed E-state index contributed by atoms with van der Waals surface area (Å²) in [5, 5.41) is 5.79. The number of fused-ring (bicyclic) bond motifs is 1. The second-order valence-electron chi connectivity index (χ2n) is 8.77. The molecule has 0 aliphatic carbocycles. The third kappa shape index (κ3) is 5.39. The summed E-state index contributed by atoms with van der Waals surface area (Å²) in [6.07, 6.45) is 1.74. The zero-order valence-electron chi connectivity index (χ0n) is 19.2. The van der Waals surface area contributed by atoms with Gasteiger partial charge in [0.2, 0.25) is 0 Å². The monoisotopic (exact) mass is 539 g/mol. The molecule has 1 aromatic heterocycles. The first-order valence-electron chi connectivity index (χ1n) is 11.5. The third-order valence-electron chi connectivity index (χ3n) is 6.27. The second-order valence-corrected chi connectivity index (χ2v) is 11.9. The van der Waals surface area contributed by atoms with Crippen LogP contribution >= 0.6 is 23.2 Å². The van der Waals surface area contributed by atoms with Gasteiger partial charge in [0, 0.05) is 42.5 Å². The number of benzene rings is 3. The molecule has 3 aromatic carbocycles. The van der Waals surface area contributed by atoms with Gasteiger partial charge >= 0.3 is 0 Å². The number of sulfone groups is 1. The topological polar surface area (TPSA) is 79.4 Å². The molecule has 1 saturated heterocycles. The van der Waals surface area contributed by atoms with Crippen LogP contribution in [0.2, 0.25) is 10.0 Å². The number of anilines is 1. The van der Waals surface area contributed by atoms with Crippen LogP contribution in [0.25, 0.3) is 22.0 Å². The predicted molar refractivity (Wildman–Crippen MR) is 146 cm³/mol. The van der Waals surface area contributed by atoms with Crippen molar-refractivity contribution in [1.29, 1.82) is 0 Å². The van der Waals surface area contributed by atoms with E-state index in [9.17, 15) is 13.2 Å². The van der Waals surface area contributed by atoms with Crippen LogP contribution in [0.5, 0.6) is 0 Å². The fourth-order valence-electron chi connectivity index (χ4n) is 4.32. The van der Waals surface area contributed by atoms with Crippen LogP contribution in [0.4, 0.5) is 5.69 Å². The van der Waals surface area contributed by atoms with Gasteiger partial charge in [-0.1, -0.05) is 53.5 Å². The molecule has 1 N–H and O–H groups in total. The van der Waals surface area contributed by atoms with E-state index >= 15 is 0 Å². The molecule has 1 aliphatic rings. The highest BCUT2D eigenvalue weighted by Gasteiger charge is 2.22. The number of carbonyl (C=O) groups excluding carboxylic acids is 1. The van der Waals surface area contributed by atoms with Crippen LogP contribution < -0.4 is 5.32 Å². The Labute approximate surface area is 219 Å². The molecule has 0 spiro atoms. The first-order chi connectivity index (χ1) is 17.3. The molecular formula is C27H23Cl2N3O3S. The highest BCUT2D eigenvalue weighted by atomic mass is 35.5. The molecule has 0 bridgehead atoms. The van der Waals surface area contributed by atoms with Gasteiger partial charge < -0.3 is 5.32 Å². The van der Waals surface area contributed by atoms with Gasteiger partial charge in [0.25, 0.3) is 5.91 Å². The van der Waals surface area contributed by atoms with E-state index in [1.807, 2.05) is 42.5 Å². The Morgan fingerprint density at radius 2 is 1.72 bits per heavy atom. The van der Waals surface area contributed by atoms with Crippen molar-refractivity contribution in [2.45, 2.75) is 6.54 Å². The molecule has 1 aliphatic heterocycles. The summed E-state index contributed by atoms with van der Waals surface area (Å²) in [4.78, 5) is 19.6. The molecule has 1 fully saturated rings. The standard InChI is InChI=1S/C27H23Cl2N3O3S/c28-24-8-6-20(16-23(24)26-21-4-2-1-3-19(21)9-10-30-26)31-27(33)22-7-5-18(15-25(22)29)17-32-11-13-36(34,35)14-12-32/h1-10,15-16H,11-14,17H2,(H,31,33). The highest BCUT2D eigenvalue weighted by Crippen LogP contribution is 2.34. The Hall–Kier alpha value is -2.97. The average Bonchev–Trinajstić information content (AvgIpc) is 2.86. The number of pyridine rings is 1. The van der Waals surface area contributed by atoms with Crippen molar-refractivity contribution in [3.8, 4) is 11.3 Å². The average molecular weight is 540 g/mol. The minimum atomic E-state index is -2.93. The van der Waals surface area contributed by atoms with Crippen LogP contribution in [-0.2, 0) is 16.4 Å². The van der Waals surface area contributed by atoms with E-state index in [4.69, 9.17) is 23.2 Å². The van der Waals surface area contributed by atoms with E-state index in [0.717, 1.165) is 27.6 Å². The molecule has 6 nitrogen and oxygen atoms in total. The van der Waals surface area contributed by atoms with Crippen LogP contribution in [-0.4, -0.2) is 48.8 Å². The summed E-state index contributed by atoms with van der Waals surface area (Å²) in [6.45, 7) is 1.56. The quantitative estimate of drug-likeness (QED) is 0.352. The van der Waals surface area contributed by atoms with E-state index in [1.54, 1.807) is 30.5 Å². The van der Waals surface area contributed by atoms with E-state index in [-0.39, 0.29) is 17.4 Å². The molecule has 36 heavy (non-hydrogen) atoms. The van der Waals surface area contributed by atoms with Crippen molar-refractivity contribution in [2.75, 3.05) is 29.9 Å². The van der Waals surface area contributed by atoms with Crippen LogP contribution in [0, 0.1) is 0 Å². The van der Waals surface area contributed by atoms with Crippen LogP contribution in [0.1, 0.15) is 15.9 Å². The number of aromatic nitrogens is 1. The van der Waals surface area contributed by atoms with Gasteiger partial charge in [0.1, 0.15) is 0 Å². The van der Waals surface area contributed by atoms with E-state index in [1.165, 1.54) is 0 Å². The van der Waals surface area contributed by atoms with Crippen LogP contribution in [0.3, 0.4) is 0 Å². The molecule has 5 rings (SSSR count). The molecule has 2 heterocycles. The molecular weight excluding hydrogens is 517 g/mol. The van der Waals surface area contributed by atoms with E-state index < -0.39 is 9.84 Å². The van der Waals surface area contributed by atoms with Crippen molar-refractivity contribution in [1.82, 2.24) is 9.88 Å². The molecule has 0 atom stereocenters. The maximum absolute atomic E-state index is 13.0. The number of amides is 1. The SMILES string of the molecule is O=C(Nc1ccc(Cl)c(-c2nccc3ccccc23)c1)c1ccc(CN2CCS(=O)(=O)CC2)cc1Cl. The summed E-state index contributed by atoms with van der Waals surface area (Å²) in [7, 11) is -2.93. The highest BCUT2D eigenvalue weighted by molar-refractivity contribution is 7.91. The van der Waals surface area contributed by atoms with Crippen molar-refractivity contribution in [3.63, 3.8) is 0 Å². The number of nitrogens with zero attached hydrogens (tertiary/aromatic N) is 2. The Morgan fingerprint density at radius 1 is 0.944 bits per heavy atom. The minimum absolute atomic E-state index is 0.165. The second kappa shape index (κ2) is 10.2. The number of halogens is 2. The lowest BCUT2D eigenvalue weighted by atomic mass is 10.0. The Bertz CT molecular complexity index is 1550. The normalized spacial score (nSPS) is 15.6. The smallest absolute Gasteiger partial charge is 0.257 e. The van der Waals surface area contributed by atoms with Crippen molar-refractivity contribution in [3.05, 3.63) is 94.1 Å². The molecule has 0 radical (unpaired) electrons. The fraction of sp³-hybridized carbons (Fsp3) is 0.185. The Morgan fingerprint density at radius 3 is 2.50 bits per heavy atom. The lowest BCUT2D eigenvalue weighted by molar-refractivity contribution is 0.102. The zero-order chi connectivity index (χ0) is 25.3. The number of carbonyl (C=O) groups is 1. The minimum Gasteiger partial charge on any atom is -0.322 e. The van der Waals surface area contributed by atoms with Crippen molar-refractivity contribution in [2.24, 2.45) is 0 Å². The van der Waals surface area contributed by atoms with Gasteiger partial charge in [0.05, 0.1) is 32.8 Å². The lowest BCUT2D eigenvalue weighted by Gasteiger charge is -2.26. The number of rotatable bonds is 5. The number of hydrogen-bond acceptors (Lipinski definition) is 5. The van der Waals surface area contributed by atoms with Crippen LogP contribution in [0.15, 0.2) is 72.9 Å². The molecule has 184 valence electrons. The molecule has 1 amide bonds. The van der Waals surface area contributed by atoms with E-state index in [0.29, 0.717) is 40.9 Å². The predicted octanol–water partition coefficient (Wildman–Crippen LogP) is 5.69. The van der Waals surface area contributed by atoms with Gasteiger partial charge in [-0.05, 0) is 47.3 Å². The van der Waals surface area contributed by atoms with Crippen molar-refractivity contribution < 1.29 is 13.2 Å². The first-order valence-corrected chi connectivity index (χ1v) is 14.0. The zero-order valence-corrected chi connectivity index (χ0v) is 21.6. The number of hydrogen-bond donors (Lipinski definition) is 1. The maximum Gasteiger partial charge on any atom is 0.257 e. The summed E-state index contributed by atoms with van der Waals surface area (Å²) >= 11 is 13.0. The summed E-state index contributed by atoms with van der Waals surface area (Å²) < 4.78 is 23.3. The Balaban J connectivity index is 1.34. The van der Waals surface area contributed by atoms with Gasteiger partial charge in [-0.3, -0.25) is 14.7 Å². The lowest BCUT2D eigenvalue weighted by Crippen LogP contribution is -2.39. The third-order valence-corrected chi connectivity index (χ3v) is 8.53. The van der Waals surface area contributed by atoms with Crippen molar-refractivity contribution >= 4 is 55.4 Å². The Kier molecular flexibility index (Phi) is 6.99. The van der Waals surface area contributed by atoms with Gasteiger partial charge in [-0.15, -0.1) is 0 Å². The van der Waals surface area contributed by atoms with Gasteiger partial charge in [-0.25, -0.2) is 8.42 Å². The molecule has 0 saturated carbocycles. The first kappa shape index (κ1) is 24.7. The molecule has 9 heteroatoms. The summed E-state index contributed by atoms with van der Waals surface area (Å²) in [6, 6.07) is 20.4. The summed E-state index contributed by atoms with van der Waals surface area (Å²) in [5.41, 5.74) is 3.30. The largest absolute Gasteiger partial charge is 0.322 e.